The molecule has 2 aliphatic rings. The lowest BCUT2D eigenvalue weighted by molar-refractivity contribution is -0.167. The van der Waals surface area contributed by atoms with Crippen LogP contribution in [0.3, 0.4) is 0 Å². The monoisotopic (exact) mass is 933 g/mol. The van der Waals surface area contributed by atoms with E-state index in [1.807, 2.05) is 6.92 Å². The van der Waals surface area contributed by atoms with Gasteiger partial charge in [-0.25, -0.2) is 4.57 Å². The lowest BCUT2D eigenvalue weighted by Crippen LogP contribution is -2.55. The number of carbonyl (C=O) groups is 2. The van der Waals surface area contributed by atoms with Gasteiger partial charge in [-0.3, -0.25) is 18.6 Å². The fourth-order valence-corrected chi connectivity index (χ4v) is 8.84. The van der Waals surface area contributed by atoms with E-state index in [2.05, 4.69) is 43.4 Å². The molecule has 0 aromatic carbocycles. The molecule has 1 saturated carbocycles. The topological polar surface area (TPSA) is 270 Å². The zero-order chi connectivity index (χ0) is 47.3. The molecule has 64 heavy (non-hydrogen) atoms. The maximum absolute atomic E-state index is 13.5. The van der Waals surface area contributed by atoms with Crippen LogP contribution in [0.5, 0.6) is 0 Å². The van der Waals surface area contributed by atoms with Crippen LogP contribution in [0.2, 0.25) is 0 Å². The highest BCUT2D eigenvalue weighted by atomic mass is 31.2. The molecular formula is C47H81O16P. The van der Waals surface area contributed by atoms with Gasteiger partial charge in [0.25, 0.3) is 0 Å². The Labute approximate surface area is 380 Å². The summed E-state index contributed by atoms with van der Waals surface area (Å²) in [6, 6.07) is 0. The fourth-order valence-electron chi connectivity index (χ4n) is 7.87. The van der Waals surface area contributed by atoms with Crippen LogP contribution < -0.4 is 0 Å². The van der Waals surface area contributed by atoms with Crippen LogP contribution in [-0.2, 0) is 32.7 Å². The van der Waals surface area contributed by atoms with E-state index in [-0.39, 0.29) is 19.3 Å². The van der Waals surface area contributed by atoms with Crippen molar-refractivity contribution in [2.24, 2.45) is 11.8 Å². The minimum absolute atomic E-state index is 0.0539. The first-order chi connectivity index (χ1) is 30.6. The largest absolute Gasteiger partial charge is 0.472 e. The van der Waals surface area contributed by atoms with Crippen molar-refractivity contribution in [3.63, 3.8) is 0 Å². The lowest BCUT2D eigenvalue weighted by atomic mass is 9.82. The quantitative estimate of drug-likeness (QED) is 0.0296. The van der Waals surface area contributed by atoms with Gasteiger partial charge in [-0.15, -0.1) is 0 Å². The van der Waals surface area contributed by atoms with Gasteiger partial charge in [-0.1, -0.05) is 120 Å². The average molecular weight is 933 g/mol. The van der Waals surface area contributed by atoms with Crippen molar-refractivity contribution in [2.45, 2.75) is 210 Å². The van der Waals surface area contributed by atoms with E-state index in [1.165, 1.54) is 12.2 Å². The number of phosphoric acid groups is 1. The molecule has 0 aromatic heterocycles. The maximum atomic E-state index is 13.5. The second kappa shape index (κ2) is 33.2. The van der Waals surface area contributed by atoms with Crippen molar-refractivity contribution in [1.29, 1.82) is 0 Å². The number of phosphoric ester groups is 1. The second-order valence-corrected chi connectivity index (χ2v) is 18.6. The van der Waals surface area contributed by atoms with Crippen molar-refractivity contribution in [3.05, 3.63) is 48.6 Å². The first-order valence-electron chi connectivity index (χ1n) is 23.7. The Morgan fingerprint density at radius 1 is 0.781 bits per heavy atom. The van der Waals surface area contributed by atoms with Crippen molar-refractivity contribution in [3.8, 4) is 0 Å². The zero-order valence-electron chi connectivity index (χ0n) is 38.1. The average Bonchev–Trinajstić information content (AvgIpc) is 3.26. The molecule has 2 rings (SSSR count). The van der Waals surface area contributed by atoms with E-state index in [4.69, 9.17) is 18.5 Å². The maximum Gasteiger partial charge on any atom is 0.472 e. The minimum atomic E-state index is -5.43. The fraction of sp³-hybridized carbons (Fsp3) is 0.787. The molecule has 0 aromatic rings. The molecule has 9 N–H and O–H groups in total. The number of esters is 2. The van der Waals surface area contributed by atoms with Gasteiger partial charge < -0.3 is 55.2 Å². The highest BCUT2D eigenvalue weighted by Gasteiger charge is 2.49. The first-order valence-corrected chi connectivity index (χ1v) is 25.2. The van der Waals surface area contributed by atoms with E-state index >= 15 is 0 Å². The molecule has 0 spiro atoms. The highest BCUT2D eigenvalue weighted by Crippen LogP contribution is 2.47. The summed E-state index contributed by atoms with van der Waals surface area (Å²) >= 11 is 0. The number of cyclic esters (lactones) is 1. The summed E-state index contributed by atoms with van der Waals surface area (Å²) < 4.78 is 34.7. The van der Waals surface area contributed by atoms with Gasteiger partial charge in [-0.05, 0) is 57.8 Å². The van der Waals surface area contributed by atoms with Gasteiger partial charge in [0.05, 0.1) is 37.1 Å². The molecule has 1 heterocycles. The van der Waals surface area contributed by atoms with E-state index < -0.39 is 112 Å². The first kappa shape index (κ1) is 57.8. The standard InChI is InChI=1S/C47H81O16P/c1-3-5-7-8-9-10-11-12-13-14-15-16-17-18-23-27-40(51)60-32-35-33-61-64(58,59)63-47-45(56)43(54)37(30-29-34(48)25-21-6-4-2)39(50)31-38(49)36(42(53)44(55)46(47)57)26-22-19-20-24-28-41(52)62-35/h5,7,9-10,12-13,29-30,34-39,42-50,53-57H,3-4,6,8,11,14-28,31-33H2,1-2H3,(H,58,59)/b7-5-,10-9-,13-12-,30-29+/t34-,35+,36-,37-,38-,39+,42+,43+,44-,45+,46+,47+/m0/s1. The van der Waals surface area contributed by atoms with Crippen LogP contribution in [0.25, 0.3) is 0 Å². The number of hydrogen-bond donors (Lipinski definition) is 9. The van der Waals surface area contributed by atoms with Crippen molar-refractivity contribution >= 4 is 19.8 Å². The summed E-state index contributed by atoms with van der Waals surface area (Å²) in [5.74, 6) is -3.90. The van der Waals surface area contributed by atoms with Gasteiger partial charge in [0, 0.05) is 31.1 Å². The lowest BCUT2D eigenvalue weighted by Gasteiger charge is -2.37. The van der Waals surface area contributed by atoms with E-state index in [0.29, 0.717) is 44.9 Å². The number of allylic oxidation sites excluding steroid dienone is 6. The van der Waals surface area contributed by atoms with Crippen LogP contribution in [0.1, 0.15) is 149 Å². The predicted octanol–water partition coefficient (Wildman–Crippen LogP) is 5.55. The summed E-state index contributed by atoms with van der Waals surface area (Å²) in [6.07, 6.45) is 9.12. The van der Waals surface area contributed by atoms with Crippen LogP contribution in [0.4, 0.5) is 0 Å². The summed E-state index contributed by atoms with van der Waals surface area (Å²) in [6.45, 7) is 2.72. The number of aliphatic hydroxyl groups excluding tert-OH is 8. The summed E-state index contributed by atoms with van der Waals surface area (Å²) in [4.78, 5) is 36.4. The molecular weight excluding hydrogens is 851 g/mol. The van der Waals surface area contributed by atoms with Crippen LogP contribution in [0.15, 0.2) is 48.6 Å². The third-order valence-corrected chi connectivity index (χ3v) is 12.7. The van der Waals surface area contributed by atoms with E-state index in [9.17, 15) is 59.9 Å². The Morgan fingerprint density at radius 2 is 1.44 bits per heavy atom. The number of aliphatic hydroxyl groups is 8. The van der Waals surface area contributed by atoms with Crippen molar-refractivity contribution in [1.82, 2.24) is 0 Å². The third-order valence-electron chi connectivity index (χ3n) is 11.7. The van der Waals surface area contributed by atoms with Gasteiger partial charge in [0.1, 0.15) is 31.0 Å². The Balaban J connectivity index is 2.16. The molecule has 13 atom stereocenters. The van der Waals surface area contributed by atoms with Crippen LogP contribution >= 0.6 is 7.82 Å². The Hall–Kier alpha value is -2.31. The molecule has 1 aliphatic carbocycles. The molecule has 17 heteroatoms. The van der Waals surface area contributed by atoms with Crippen molar-refractivity contribution < 1.29 is 78.4 Å². The highest BCUT2D eigenvalue weighted by molar-refractivity contribution is 7.47. The smallest absolute Gasteiger partial charge is 0.462 e. The normalized spacial score (nSPS) is 32.8. The Bertz CT molecular complexity index is 1440. The number of ether oxygens (including phenoxy) is 2. The summed E-state index contributed by atoms with van der Waals surface area (Å²) in [5, 5.41) is 90.0. The number of hydrogen-bond acceptors (Lipinski definition) is 15. The SMILES string of the molecule is CC/C=C\C/C=C\C/C=C\CCCCCCCC(=O)OC[C@@H]1COP(=O)(O)O[C@H]2[C@H](O)[C@@H](O)[C@H](O)[C@@H](CCCCCCC(=O)O1)[C@@H](O)C[C@@H](O)[C@H](/C=C/[C@@H](O)CCCCC)[C@@H](O)[C@H]2O. The molecule has 16 nitrogen and oxygen atoms in total. The van der Waals surface area contributed by atoms with Gasteiger partial charge in [0.15, 0.2) is 6.10 Å². The summed E-state index contributed by atoms with van der Waals surface area (Å²) in [7, 11) is -5.43. The Kier molecular flexibility index (Phi) is 30.0. The minimum Gasteiger partial charge on any atom is -0.462 e. The van der Waals surface area contributed by atoms with Gasteiger partial charge in [-0.2, -0.15) is 0 Å². The molecule has 2 bridgehead atoms. The van der Waals surface area contributed by atoms with Gasteiger partial charge in [0.2, 0.25) is 0 Å². The Morgan fingerprint density at radius 3 is 2.16 bits per heavy atom. The number of fused-ring (bicyclic) bond motifs is 4. The second-order valence-electron chi connectivity index (χ2n) is 17.2. The van der Waals surface area contributed by atoms with E-state index in [0.717, 1.165) is 64.2 Å². The molecule has 370 valence electrons. The molecule has 2 fully saturated rings. The van der Waals surface area contributed by atoms with E-state index in [1.54, 1.807) is 0 Å². The number of unbranched alkanes of at least 4 members (excludes halogenated alkanes) is 7. The molecule has 1 aliphatic heterocycles. The zero-order valence-corrected chi connectivity index (χ0v) is 39.0. The number of rotatable bonds is 21. The molecule has 0 radical (unpaired) electrons. The number of carbonyl (C=O) groups excluding carboxylic acids is 2. The molecule has 1 unspecified atom stereocenters. The van der Waals surface area contributed by atoms with Gasteiger partial charge >= 0.3 is 19.8 Å². The van der Waals surface area contributed by atoms with Crippen LogP contribution in [0, 0.1) is 11.8 Å². The summed E-state index contributed by atoms with van der Waals surface area (Å²) in [5.41, 5.74) is 0. The third kappa shape index (κ3) is 23.4. The predicted molar refractivity (Wildman–Crippen MR) is 241 cm³/mol. The molecule has 1 saturated heterocycles. The van der Waals surface area contributed by atoms with Crippen LogP contribution in [-0.4, -0.2) is 132 Å². The molecule has 0 amide bonds. The van der Waals surface area contributed by atoms with Crippen molar-refractivity contribution in [2.75, 3.05) is 13.2 Å².